The number of allylic oxidation sites excluding steroid dienone is 4. The molecule has 2 aliphatic heterocycles. The van der Waals surface area contributed by atoms with Crippen molar-refractivity contribution in [3.8, 4) is 0 Å². The summed E-state index contributed by atoms with van der Waals surface area (Å²) in [5.41, 5.74) is 1.86. The first-order valence-electron chi connectivity index (χ1n) is 16.2. The minimum atomic E-state index is -1.49. The first-order valence-corrected chi connectivity index (χ1v) is 16.2. The molecule has 45 heavy (non-hydrogen) atoms. The van der Waals surface area contributed by atoms with E-state index in [1.54, 1.807) is 46.8 Å². The molecule has 9 nitrogen and oxygen atoms in total. The van der Waals surface area contributed by atoms with Gasteiger partial charge in [-0.1, -0.05) is 69.7 Å². The second-order valence-corrected chi connectivity index (χ2v) is 13.2. The molecule has 2 rings (SSSR count). The third kappa shape index (κ3) is 11.0. The highest BCUT2D eigenvalue weighted by atomic mass is 16.7. The quantitative estimate of drug-likeness (QED) is 0.251. The van der Waals surface area contributed by atoms with Gasteiger partial charge in [-0.25, -0.2) is 4.79 Å². The number of ether oxygens (including phenoxy) is 4. The molecule has 0 amide bonds. The Labute approximate surface area is 269 Å². The number of carbonyl (C=O) groups excluding carboxylic acids is 2. The SMILES string of the molecule is CC[C@@H]1C/C=C(C)/C=C(\C)[C@H](O[C@@H]2OC(C)(C)[C@@H](OC(=O)C(C)C)[C@H](O)[C@@H]2O)[C@@H](CC)/C=C(\C)[C@@H](O)C/C=C/C=C(\C)C(=O)O1. The standard InChI is InChI=1S/C36H56O9/c1-11-26-20-24(7)28(37)16-14-13-15-23(6)34(41)42-27(12-2)18-17-22(5)19-25(8)31(26)43-35-30(39)29(38)32(36(9,10)45-35)44-33(40)21(3)4/h13-15,17,19-21,26-32,35,37-39H,11-12,16,18H2,1-10H3/b14-13+,22-17+,23-15+,24-20+,25-19+/t26-,27+,28-,29+,30-,31-,32-,35+/m0/s1. The Morgan fingerprint density at radius 3 is 2.29 bits per heavy atom. The van der Waals surface area contributed by atoms with Crippen LogP contribution in [0, 0.1) is 11.8 Å². The van der Waals surface area contributed by atoms with Crippen molar-refractivity contribution in [3.63, 3.8) is 0 Å². The highest BCUT2D eigenvalue weighted by Gasteiger charge is 2.52. The van der Waals surface area contributed by atoms with Crippen molar-refractivity contribution < 1.29 is 43.9 Å². The molecule has 0 aromatic rings. The first kappa shape index (κ1) is 38.6. The molecular formula is C36H56O9. The molecule has 2 heterocycles. The van der Waals surface area contributed by atoms with E-state index in [0.29, 0.717) is 31.3 Å². The van der Waals surface area contributed by atoms with Crippen molar-refractivity contribution >= 4 is 11.9 Å². The van der Waals surface area contributed by atoms with Crippen LogP contribution in [-0.4, -0.2) is 75.8 Å². The van der Waals surface area contributed by atoms with E-state index in [0.717, 1.165) is 16.7 Å². The number of carbonyl (C=O) groups is 2. The summed E-state index contributed by atoms with van der Waals surface area (Å²) in [7, 11) is 0. The van der Waals surface area contributed by atoms with E-state index in [1.165, 1.54) is 0 Å². The fourth-order valence-corrected chi connectivity index (χ4v) is 5.36. The molecule has 0 aromatic heterocycles. The maximum Gasteiger partial charge on any atom is 0.333 e. The van der Waals surface area contributed by atoms with E-state index in [-0.39, 0.29) is 18.0 Å². The summed E-state index contributed by atoms with van der Waals surface area (Å²) in [4.78, 5) is 25.0. The van der Waals surface area contributed by atoms with Crippen LogP contribution in [0.25, 0.3) is 0 Å². The van der Waals surface area contributed by atoms with Gasteiger partial charge in [0.15, 0.2) is 12.4 Å². The Bertz CT molecular complexity index is 1160. The van der Waals surface area contributed by atoms with Crippen molar-refractivity contribution in [3.05, 3.63) is 58.7 Å². The number of esters is 2. The van der Waals surface area contributed by atoms with Crippen LogP contribution in [0.4, 0.5) is 0 Å². The molecule has 0 radical (unpaired) electrons. The summed E-state index contributed by atoms with van der Waals surface area (Å²) in [5.74, 6) is -1.51. The van der Waals surface area contributed by atoms with Gasteiger partial charge in [0.25, 0.3) is 0 Å². The lowest BCUT2D eigenvalue weighted by Gasteiger charge is -2.47. The zero-order chi connectivity index (χ0) is 34.1. The molecule has 8 atom stereocenters. The topological polar surface area (TPSA) is 132 Å². The largest absolute Gasteiger partial charge is 0.459 e. The summed E-state index contributed by atoms with van der Waals surface area (Å²) in [5, 5.41) is 33.2. The molecule has 9 heteroatoms. The Morgan fingerprint density at radius 1 is 1.02 bits per heavy atom. The third-order valence-corrected chi connectivity index (χ3v) is 8.40. The lowest BCUT2D eigenvalue weighted by Crippen LogP contribution is -2.64. The Hall–Kier alpha value is -2.56. The van der Waals surface area contributed by atoms with Gasteiger partial charge in [-0.05, 0) is 72.0 Å². The first-order chi connectivity index (χ1) is 21.0. The van der Waals surface area contributed by atoms with E-state index in [1.807, 2.05) is 58.9 Å². The second-order valence-electron chi connectivity index (χ2n) is 13.2. The van der Waals surface area contributed by atoms with Crippen molar-refractivity contribution in [1.29, 1.82) is 0 Å². The average Bonchev–Trinajstić information content (AvgIpc) is 2.98. The van der Waals surface area contributed by atoms with Gasteiger partial charge in [0.05, 0.1) is 18.1 Å². The van der Waals surface area contributed by atoms with Crippen LogP contribution in [0.2, 0.25) is 0 Å². The molecule has 0 saturated carbocycles. The lowest BCUT2D eigenvalue weighted by molar-refractivity contribution is -0.333. The van der Waals surface area contributed by atoms with Gasteiger partial charge in [0.2, 0.25) is 0 Å². The highest BCUT2D eigenvalue weighted by molar-refractivity contribution is 5.88. The molecule has 0 spiro atoms. The Morgan fingerprint density at radius 2 is 1.69 bits per heavy atom. The molecule has 1 saturated heterocycles. The Balaban J connectivity index is 2.52. The number of rotatable bonds is 6. The molecule has 254 valence electrons. The molecule has 0 aromatic carbocycles. The van der Waals surface area contributed by atoms with Crippen LogP contribution in [-0.2, 0) is 28.5 Å². The normalized spacial score (nSPS) is 37.7. The van der Waals surface area contributed by atoms with Crippen molar-refractivity contribution in [2.24, 2.45) is 11.8 Å². The zero-order valence-electron chi connectivity index (χ0n) is 28.8. The highest BCUT2D eigenvalue weighted by Crippen LogP contribution is 2.36. The minimum absolute atomic E-state index is 0.217. The van der Waals surface area contributed by atoms with Gasteiger partial charge >= 0.3 is 11.9 Å². The van der Waals surface area contributed by atoms with E-state index < -0.39 is 54.3 Å². The van der Waals surface area contributed by atoms with Crippen LogP contribution in [0.1, 0.15) is 94.9 Å². The van der Waals surface area contributed by atoms with Crippen LogP contribution in [0.15, 0.2) is 58.7 Å². The predicted molar refractivity (Wildman–Crippen MR) is 174 cm³/mol. The molecule has 0 bridgehead atoms. The molecule has 0 aliphatic carbocycles. The molecule has 1 fully saturated rings. The van der Waals surface area contributed by atoms with Gasteiger partial charge in [-0.2, -0.15) is 0 Å². The zero-order valence-corrected chi connectivity index (χ0v) is 28.8. The van der Waals surface area contributed by atoms with Crippen molar-refractivity contribution in [2.45, 2.75) is 143 Å². The van der Waals surface area contributed by atoms with Crippen LogP contribution in [0.5, 0.6) is 0 Å². The predicted octanol–water partition coefficient (Wildman–Crippen LogP) is 5.64. The fourth-order valence-electron chi connectivity index (χ4n) is 5.36. The second kappa shape index (κ2) is 17.4. The summed E-state index contributed by atoms with van der Waals surface area (Å²) in [6.45, 7) is 18.2. The van der Waals surface area contributed by atoms with Crippen molar-refractivity contribution in [1.82, 2.24) is 0 Å². The van der Waals surface area contributed by atoms with Crippen LogP contribution in [0.3, 0.4) is 0 Å². The average molecular weight is 633 g/mol. The maximum atomic E-state index is 12.6. The summed E-state index contributed by atoms with van der Waals surface area (Å²) in [6, 6.07) is 0. The monoisotopic (exact) mass is 632 g/mol. The Kier molecular flexibility index (Phi) is 14.9. The van der Waals surface area contributed by atoms with E-state index >= 15 is 0 Å². The minimum Gasteiger partial charge on any atom is -0.459 e. The van der Waals surface area contributed by atoms with Crippen LogP contribution >= 0.6 is 0 Å². The number of hydrogen-bond acceptors (Lipinski definition) is 9. The molecular weight excluding hydrogens is 576 g/mol. The van der Waals surface area contributed by atoms with Gasteiger partial charge < -0.3 is 34.3 Å². The molecule has 2 aliphatic rings. The van der Waals surface area contributed by atoms with Crippen molar-refractivity contribution in [2.75, 3.05) is 0 Å². The lowest BCUT2D eigenvalue weighted by atomic mass is 9.88. The smallest absolute Gasteiger partial charge is 0.333 e. The number of aliphatic hydroxyl groups excluding tert-OH is 3. The number of cyclic esters (lactones) is 1. The third-order valence-electron chi connectivity index (χ3n) is 8.40. The fraction of sp³-hybridized carbons (Fsp3) is 0.667. The summed E-state index contributed by atoms with van der Waals surface area (Å²) in [6.07, 6.45) is 6.52. The van der Waals surface area contributed by atoms with E-state index in [4.69, 9.17) is 18.9 Å². The van der Waals surface area contributed by atoms with Gasteiger partial charge in [-0.3, -0.25) is 4.79 Å². The summed E-state index contributed by atoms with van der Waals surface area (Å²) >= 11 is 0. The van der Waals surface area contributed by atoms with Crippen LogP contribution < -0.4 is 0 Å². The van der Waals surface area contributed by atoms with Gasteiger partial charge in [-0.15, -0.1) is 0 Å². The van der Waals surface area contributed by atoms with E-state index in [2.05, 4.69) is 0 Å². The number of aliphatic hydroxyl groups is 3. The molecule has 3 N–H and O–H groups in total. The summed E-state index contributed by atoms with van der Waals surface area (Å²) < 4.78 is 24.0. The van der Waals surface area contributed by atoms with E-state index in [9.17, 15) is 24.9 Å². The van der Waals surface area contributed by atoms with Gasteiger partial charge in [0, 0.05) is 17.9 Å². The molecule has 0 unspecified atom stereocenters. The number of hydrogen-bond donors (Lipinski definition) is 3. The maximum absolute atomic E-state index is 12.6. The van der Waals surface area contributed by atoms with Gasteiger partial charge in [0.1, 0.15) is 23.9 Å².